The van der Waals surface area contributed by atoms with E-state index in [1.807, 2.05) is 31.4 Å². The van der Waals surface area contributed by atoms with Gasteiger partial charge >= 0.3 is 0 Å². The first-order valence-corrected chi connectivity index (χ1v) is 5.73. The fourth-order valence-electron chi connectivity index (χ4n) is 0.279. The Hall–Kier alpha value is 1.27. The zero-order valence-corrected chi connectivity index (χ0v) is 5.80. The molecule has 0 amide bonds. The summed E-state index contributed by atoms with van der Waals surface area (Å²) in [4.78, 5) is 0. The van der Waals surface area contributed by atoms with Crippen molar-refractivity contribution < 1.29 is 0 Å². The number of hydrogen-bond acceptors (Lipinski definition) is 3. The van der Waals surface area contributed by atoms with E-state index >= 15 is 0 Å². The summed E-state index contributed by atoms with van der Waals surface area (Å²) in [5.41, 5.74) is 0. The molecule has 1 heterocycles. The SMILES string of the molecule is C1CSSSC1.[SiH4]. The lowest BCUT2D eigenvalue weighted by Gasteiger charge is -2.04. The second-order valence-corrected chi connectivity index (χ2v) is 5.54. The molecule has 1 aliphatic rings. The predicted molar refractivity (Wildman–Crippen MR) is 48.5 cm³/mol. The average Bonchev–Trinajstić information content (AvgIpc) is 1.72. The van der Waals surface area contributed by atoms with Crippen LogP contribution >= 0.6 is 31.4 Å². The Balaban J connectivity index is 0.000000360. The Labute approximate surface area is 60.4 Å². The van der Waals surface area contributed by atoms with Gasteiger partial charge in [-0.1, -0.05) is 21.6 Å². The summed E-state index contributed by atoms with van der Waals surface area (Å²) < 4.78 is 0. The first kappa shape index (κ1) is 8.27. The maximum Gasteiger partial charge on any atom is 0.00533 e. The third kappa shape index (κ3) is 3.82. The van der Waals surface area contributed by atoms with Crippen molar-refractivity contribution in [3.05, 3.63) is 0 Å². The molecule has 1 fully saturated rings. The molecule has 1 aliphatic heterocycles. The lowest BCUT2D eigenvalue weighted by atomic mass is 10.6. The molecule has 0 aromatic rings. The molecule has 4 heteroatoms. The standard InChI is InChI=1S/C3H6S3.H4Si/c1-2-4-6-5-3-1;/h1-3H2;1H4. The molecule has 44 valence electrons. The molecule has 7 heavy (non-hydrogen) atoms. The predicted octanol–water partition coefficient (Wildman–Crippen LogP) is 0.968. The van der Waals surface area contributed by atoms with Gasteiger partial charge in [0.1, 0.15) is 0 Å². The van der Waals surface area contributed by atoms with Gasteiger partial charge in [-0.05, 0) is 27.2 Å². The van der Waals surface area contributed by atoms with Crippen molar-refractivity contribution in [2.24, 2.45) is 0 Å². The van der Waals surface area contributed by atoms with E-state index in [0.29, 0.717) is 0 Å². The lowest BCUT2D eigenvalue weighted by molar-refractivity contribution is 1.13. The smallest absolute Gasteiger partial charge is 0.00533 e. The highest BCUT2D eigenvalue weighted by atomic mass is 33.5. The summed E-state index contributed by atoms with van der Waals surface area (Å²) in [6.45, 7) is 0. The fraction of sp³-hybridized carbons (Fsp3) is 1.00. The first-order chi connectivity index (χ1) is 3.00. The van der Waals surface area contributed by atoms with Gasteiger partial charge in [0, 0.05) is 11.5 Å². The largest absolute Gasteiger partial charge is 0.0825 e. The Morgan fingerprint density at radius 1 is 1.00 bits per heavy atom. The van der Waals surface area contributed by atoms with Crippen molar-refractivity contribution in [3.63, 3.8) is 0 Å². The Bertz CT molecular complexity index is 25.7. The van der Waals surface area contributed by atoms with Gasteiger partial charge in [-0.15, -0.1) is 0 Å². The highest BCUT2D eigenvalue weighted by Gasteiger charge is 1.97. The van der Waals surface area contributed by atoms with E-state index in [-0.39, 0.29) is 11.0 Å². The Morgan fingerprint density at radius 2 is 1.57 bits per heavy atom. The van der Waals surface area contributed by atoms with E-state index in [9.17, 15) is 0 Å². The summed E-state index contributed by atoms with van der Waals surface area (Å²) in [5, 5.41) is 0. The van der Waals surface area contributed by atoms with Crippen molar-refractivity contribution in [2.75, 3.05) is 11.5 Å². The van der Waals surface area contributed by atoms with Crippen LogP contribution in [0.1, 0.15) is 6.42 Å². The summed E-state index contributed by atoms with van der Waals surface area (Å²) in [6.07, 6.45) is 1.41. The summed E-state index contributed by atoms with van der Waals surface area (Å²) in [6, 6.07) is 0. The lowest BCUT2D eigenvalue weighted by Crippen LogP contribution is -1.82. The Kier molecular flexibility index (Phi) is 6.38. The number of rotatable bonds is 0. The van der Waals surface area contributed by atoms with Crippen LogP contribution in [0.15, 0.2) is 0 Å². The molecule has 1 rings (SSSR count). The quantitative estimate of drug-likeness (QED) is 0.393. The molecular formula is C3H10S3Si. The van der Waals surface area contributed by atoms with Crippen LogP contribution in [0.3, 0.4) is 0 Å². The van der Waals surface area contributed by atoms with Gasteiger partial charge < -0.3 is 0 Å². The van der Waals surface area contributed by atoms with Crippen LogP contribution in [-0.2, 0) is 0 Å². The Morgan fingerprint density at radius 3 is 1.71 bits per heavy atom. The molecule has 1 saturated heterocycles. The van der Waals surface area contributed by atoms with Gasteiger partial charge in [0.05, 0.1) is 0 Å². The molecule has 0 radical (unpaired) electrons. The van der Waals surface area contributed by atoms with Gasteiger partial charge in [0.25, 0.3) is 0 Å². The zero-order chi connectivity index (χ0) is 4.24. The van der Waals surface area contributed by atoms with Gasteiger partial charge in [-0.25, -0.2) is 0 Å². The third-order valence-electron chi connectivity index (χ3n) is 0.552. The summed E-state index contributed by atoms with van der Waals surface area (Å²) in [5.74, 6) is 2.72. The van der Waals surface area contributed by atoms with Crippen molar-refractivity contribution in [2.45, 2.75) is 6.42 Å². The summed E-state index contributed by atoms with van der Waals surface area (Å²) >= 11 is 0. The van der Waals surface area contributed by atoms with E-state index in [1.54, 1.807) is 0 Å². The van der Waals surface area contributed by atoms with E-state index in [4.69, 9.17) is 0 Å². The molecule has 0 spiro atoms. The molecule has 0 aromatic carbocycles. The van der Waals surface area contributed by atoms with Crippen molar-refractivity contribution in [3.8, 4) is 0 Å². The van der Waals surface area contributed by atoms with Crippen LogP contribution in [-0.4, -0.2) is 22.5 Å². The van der Waals surface area contributed by atoms with E-state index in [0.717, 1.165) is 0 Å². The third-order valence-corrected chi connectivity index (χ3v) is 4.96. The summed E-state index contributed by atoms with van der Waals surface area (Å²) in [7, 11) is 5.88. The minimum atomic E-state index is 0. The monoisotopic (exact) mass is 170 g/mol. The van der Waals surface area contributed by atoms with Crippen molar-refractivity contribution in [1.82, 2.24) is 0 Å². The minimum Gasteiger partial charge on any atom is -0.0825 e. The van der Waals surface area contributed by atoms with E-state index < -0.39 is 0 Å². The van der Waals surface area contributed by atoms with Crippen LogP contribution in [0.5, 0.6) is 0 Å². The van der Waals surface area contributed by atoms with Gasteiger partial charge in [-0.2, -0.15) is 0 Å². The van der Waals surface area contributed by atoms with E-state index in [2.05, 4.69) is 0 Å². The molecule has 0 atom stereocenters. The van der Waals surface area contributed by atoms with Crippen LogP contribution < -0.4 is 0 Å². The molecule has 0 saturated carbocycles. The molecule has 0 nitrogen and oxygen atoms in total. The second kappa shape index (κ2) is 5.40. The molecular weight excluding hydrogens is 160 g/mol. The van der Waals surface area contributed by atoms with Gasteiger partial charge in [-0.3, -0.25) is 0 Å². The van der Waals surface area contributed by atoms with Crippen LogP contribution in [0.25, 0.3) is 0 Å². The topological polar surface area (TPSA) is 0 Å². The van der Waals surface area contributed by atoms with Crippen LogP contribution in [0.2, 0.25) is 0 Å². The van der Waals surface area contributed by atoms with Crippen LogP contribution in [0.4, 0.5) is 0 Å². The highest BCUT2D eigenvalue weighted by molar-refractivity contribution is 9.09. The molecule has 0 bridgehead atoms. The van der Waals surface area contributed by atoms with Gasteiger partial charge in [0.2, 0.25) is 0 Å². The number of hydrogen-bond donors (Lipinski definition) is 0. The van der Waals surface area contributed by atoms with Crippen molar-refractivity contribution in [1.29, 1.82) is 0 Å². The van der Waals surface area contributed by atoms with E-state index in [1.165, 1.54) is 17.9 Å². The minimum absolute atomic E-state index is 0. The van der Waals surface area contributed by atoms with Gasteiger partial charge in [0.15, 0.2) is 0 Å². The van der Waals surface area contributed by atoms with Crippen LogP contribution in [0, 0.1) is 0 Å². The first-order valence-electron chi connectivity index (χ1n) is 1.91. The highest BCUT2D eigenvalue weighted by Crippen LogP contribution is 2.39. The normalized spacial score (nSPS) is 20.6. The average molecular weight is 170 g/mol. The fourth-order valence-corrected chi connectivity index (χ4v) is 4.35. The maximum absolute atomic E-state index is 1.97. The van der Waals surface area contributed by atoms with Crippen molar-refractivity contribution >= 4 is 42.4 Å². The molecule has 0 aromatic heterocycles. The maximum atomic E-state index is 1.97. The molecule has 0 aliphatic carbocycles. The molecule has 0 unspecified atom stereocenters. The zero-order valence-electron chi connectivity index (χ0n) is 3.35. The molecule has 0 N–H and O–H groups in total. The second-order valence-electron chi connectivity index (χ2n) is 1.07.